The second-order valence-electron chi connectivity index (χ2n) is 6.99. The Hall–Kier alpha value is -1.39. The number of aryl methyl sites for hydroxylation is 1. The molecule has 114 valence electrons. The molecular formula is C17H26N4. The number of nitrogens with zero attached hydrogens (tertiary/aromatic N) is 3. The van der Waals surface area contributed by atoms with Crippen LogP contribution in [0.15, 0.2) is 24.3 Å². The summed E-state index contributed by atoms with van der Waals surface area (Å²) in [6.45, 7) is 7.80. The fraction of sp³-hybridized carbons (Fsp3) is 0.588. The Kier molecular flexibility index (Phi) is 3.76. The zero-order valence-electron chi connectivity index (χ0n) is 13.3. The number of para-hydroxylation sites is 2. The molecule has 0 bridgehead atoms. The molecule has 3 rings (SSSR count). The van der Waals surface area contributed by atoms with E-state index in [-0.39, 0.29) is 5.41 Å². The van der Waals surface area contributed by atoms with E-state index in [1.165, 1.54) is 11.3 Å². The number of benzene rings is 1. The standard InChI is InChI=1S/C17H26N4/c1-17(2)12-21(10-8-15(17)18)11-9-16-19-13-6-4-5-7-14(13)20(16)3/h4-7,15H,8-12,18H2,1-3H3. The highest BCUT2D eigenvalue weighted by Crippen LogP contribution is 2.27. The molecule has 1 aromatic carbocycles. The van der Waals surface area contributed by atoms with Crippen molar-refractivity contribution in [1.29, 1.82) is 0 Å². The Morgan fingerprint density at radius 1 is 1.33 bits per heavy atom. The molecular weight excluding hydrogens is 260 g/mol. The smallest absolute Gasteiger partial charge is 0.110 e. The highest BCUT2D eigenvalue weighted by atomic mass is 15.2. The van der Waals surface area contributed by atoms with Gasteiger partial charge in [-0.1, -0.05) is 26.0 Å². The van der Waals surface area contributed by atoms with Gasteiger partial charge in [0.25, 0.3) is 0 Å². The molecule has 2 N–H and O–H groups in total. The summed E-state index contributed by atoms with van der Waals surface area (Å²) < 4.78 is 2.22. The van der Waals surface area contributed by atoms with E-state index in [0.29, 0.717) is 6.04 Å². The number of rotatable bonds is 3. The molecule has 1 fully saturated rings. The number of likely N-dealkylation sites (tertiary alicyclic amines) is 1. The largest absolute Gasteiger partial charge is 0.331 e. The lowest BCUT2D eigenvalue weighted by Gasteiger charge is -2.42. The summed E-state index contributed by atoms with van der Waals surface area (Å²) in [4.78, 5) is 7.29. The molecule has 4 nitrogen and oxygen atoms in total. The Bertz CT molecular complexity index is 629. The van der Waals surface area contributed by atoms with Gasteiger partial charge in [0.1, 0.15) is 5.82 Å². The number of hydrogen-bond acceptors (Lipinski definition) is 3. The van der Waals surface area contributed by atoms with Crippen LogP contribution in [-0.2, 0) is 13.5 Å². The second kappa shape index (κ2) is 5.43. The van der Waals surface area contributed by atoms with Gasteiger partial charge in [-0.2, -0.15) is 0 Å². The topological polar surface area (TPSA) is 47.1 Å². The fourth-order valence-electron chi connectivity index (χ4n) is 3.35. The van der Waals surface area contributed by atoms with Gasteiger partial charge in [0.15, 0.2) is 0 Å². The first-order chi connectivity index (χ1) is 9.97. The summed E-state index contributed by atoms with van der Waals surface area (Å²) in [5.41, 5.74) is 8.74. The van der Waals surface area contributed by atoms with E-state index in [1.807, 2.05) is 6.07 Å². The minimum absolute atomic E-state index is 0.213. The van der Waals surface area contributed by atoms with Crippen molar-refractivity contribution in [1.82, 2.24) is 14.5 Å². The van der Waals surface area contributed by atoms with Crippen LogP contribution in [0.4, 0.5) is 0 Å². The van der Waals surface area contributed by atoms with Crippen molar-refractivity contribution in [3.8, 4) is 0 Å². The first-order valence-corrected chi connectivity index (χ1v) is 7.86. The Morgan fingerprint density at radius 3 is 2.81 bits per heavy atom. The maximum absolute atomic E-state index is 6.21. The maximum atomic E-state index is 6.21. The van der Waals surface area contributed by atoms with Crippen LogP contribution in [0.1, 0.15) is 26.1 Å². The molecule has 4 heteroatoms. The van der Waals surface area contributed by atoms with E-state index in [9.17, 15) is 0 Å². The zero-order chi connectivity index (χ0) is 15.0. The average molecular weight is 286 g/mol. The molecule has 1 unspecified atom stereocenters. The van der Waals surface area contributed by atoms with Crippen molar-refractivity contribution in [3.63, 3.8) is 0 Å². The molecule has 0 aliphatic carbocycles. The number of imidazole rings is 1. The van der Waals surface area contributed by atoms with Crippen molar-refractivity contribution in [2.24, 2.45) is 18.2 Å². The fourth-order valence-corrected chi connectivity index (χ4v) is 3.35. The number of hydrogen-bond donors (Lipinski definition) is 1. The summed E-state index contributed by atoms with van der Waals surface area (Å²) in [6.07, 6.45) is 2.09. The van der Waals surface area contributed by atoms with Crippen LogP contribution in [0.3, 0.4) is 0 Å². The van der Waals surface area contributed by atoms with E-state index in [2.05, 4.69) is 48.6 Å². The molecule has 2 heterocycles. The first-order valence-electron chi connectivity index (χ1n) is 7.86. The van der Waals surface area contributed by atoms with Crippen LogP contribution in [0.5, 0.6) is 0 Å². The van der Waals surface area contributed by atoms with Crippen LogP contribution in [0.2, 0.25) is 0 Å². The van der Waals surface area contributed by atoms with Crippen LogP contribution in [0.25, 0.3) is 11.0 Å². The molecule has 21 heavy (non-hydrogen) atoms. The quantitative estimate of drug-likeness (QED) is 0.940. The lowest BCUT2D eigenvalue weighted by atomic mass is 9.80. The van der Waals surface area contributed by atoms with E-state index >= 15 is 0 Å². The monoisotopic (exact) mass is 286 g/mol. The van der Waals surface area contributed by atoms with E-state index < -0.39 is 0 Å². The Morgan fingerprint density at radius 2 is 2.10 bits per heavy atom. The molecule has 2 aromatic rings. The molecule has 0 spiro atoms. The van der Waals surface area contributed by atoms with Gasteiger partial charge in [-0.15, -0.1) is 0 Å². The predicted octanol–water partition coefficient (Wildman–Crippen LogP) is 2.17. The van der Waals surface area contributed by atoms with Gasteiger partial charge in [-0.25, -0.2) is 4.98 Å². The molecule has 1 aliphatic heterocycles. The van der Waals surface area contributed by atoms with Gasteiger partial charge in [0, 0.05) is 32.6 Å². The van der Waals surface area contributed by atoms with E-state index in [4.69, 9.17) is 10.7 Å². The van der Waals surface area contributed by atoms with Crippen molar-refractivity contribution in [2.75, 3.05) is 19.6 Å². The van der Waals surface area contributed by atoms with Crippen molar-refractivity contribution in [3.05, 3.63) is 30.1 Å². The van der Waals surface area contributed by atoms with Gasteiger partial charge in [-0.3, -0.25) is 0 Å². The maximum Gasteiger partial charge on any atom is 0.110 e. The van der Waals surface area contributed by atoms with Crippen LogP contribution in [0, 0.1) is 5.41 Å². The molecule has 0 saturated carbocycles. The number of aromatic nitrogens is 2. The summed E-state index contributed by atoms with van der Waals surface area (Å²) in [5.74, 6) is 1.17. The zero-order valence-corrected chi connectivity index (χ0v) is 13.3. The highest BCUT2D eigenvalue weighted by Gasteiger charge is 2.33. The van der Waals surface area contributed by atoms with Gasteiger partial charge < -0.3 is 15.2 Å². The lowest BCUT2D eigenvalue weighted by Crippen LogP contribution is -2.52. The van der Waals surface area contributed by atoms with E-state index in [1.54, 1.807) is 0 Å². The Labute approximate surface area is 126 Å². The average Bonchev–Trinajstić information content (AvgIpc) is 2.77. The molecule has 1 saturated heterocycles. The third kappa shape index (κ3) is 2.83. The van der Waals surface area contributed by atoms with Crippen molar-refractivity contribution < 1.29 is 0 Å². The summed E-state index contributed by atoms with van der Waals surface area (Å²) in [6, 6.07) is 8.66. The second-order valence-corrected chi connectivity index (χ2v) is 6.99. The third-order valence-corrected chi connectivity index (χ3v) is 4.92. The normalized spacial score (nSPS) is 22.8. The molecule has 1 aromatic heterocycles. The predicted molar refractivity (Wildman–Crippen MR) is 87.2 cm³/mol. The first kappa shape index (κ1) is 14.5. The van der Waals surface area contributed by atoms with Crippen molar-refractivity contribution >= 4 is 11.0 Å². The molecule has 1 atom stereocenters. The minimum Gasteiger partial charge on any atom is -0.331 e. The molecule has 1 aliphatic rings. The highest BCUT2D eigenvalue weighted by molar-refractivity contribution is 5.75. The van der Waals surface area contributed by atoms with E-state index in [0.717, 1.165) is 38.0 Å². The summed E-state index contributed by atoms with van der Waals surface area (Å²) in [5, 5.41) is 0. The van der Waals surface area contributed by atoms with Gasteiger partial charge in [0.05, 0.1) is 11.0 Å². The van der Waals surface area contributed by atoms with Gasteiger partial charge in [0.2, 0.25) is 0 Å². The Balaban J connectivity index is 1.68. The summed E-state index contributed by atoms with van der Waals surface area (Å²) >= 11 is 0. The molecule has 0 amide bonds. The van der Waals surface area contributed by atoms with Crippen LogP contribution >= 0.6 is 0 Å². The minimum atomic E-state index is 0.213. The SMILES string of the molecule is Cn1c(CCN2CCC(N)C(C)(C)C2)nc2ccccc21. The molecule has 0 radical (unpaired) electrons. The van der Waals surface area contributed by atoms with Gasteiger partial charge in [-0.05, 0) is 30.5 Å². The summed E-state index contributed by atoms with van der Waals surface area (Å²) in [7, 11) is 2.11. The number of piperidine rings is 1. The van der Waals surface area contributed by atoms with Gasteiger partial charge >= 0.3 is 0 Å². The lowest BCUT2D eigenvalue weighted by molar-refractivity contribution is 0.0959. The van der Waals surface area contributed by atoms with Crippen LogP contribution in [-0.4, -0.2) is 40.1 Å². The number of fused-ring (bicyclic) bond motifs is 1. The third-order valence-electron chi connectivity index (χ3n) is 4.92. The van der Waals surface area contributed by atoms with Crippen molar-refractivity contribution in [2.45, 2.75) is 32.7 Å². The van der Waals surface area contributed by atoms with Crippen LogP contribution < -0.4 is 5.73 Å². The number of nitrogens with two attached hydrogens (primary N) is 1.